The second-order valence-corrected chi connectivity index (χ2v) is 6.65. The summed E-state index contributed by atoms with van der Waals surface area (Å²) in [5.41, 5.74) is 0.816. The molecule has 1 N–H and O–H groups in total. The highest BCUT2D eigenvalue weighted by Crippen LogP contribution is 2.20. The molecule has 3 rings (SSSR count). The third-order valence-corrected chi connectivity index (χ3v) is 4.05. The summed E-state index contributed by atoms with van der Waals surface area (Å²) in [6.45, 7) is 0.509. The van der Waals surface area contributed by atoms with Crippen LogP contribution in [-0.4, -0.2) is 41.1 Å². The van der Waals surface area contributed by atoms with Gasteiger partial charge in [0.15, 0.2) is 0 Å². The van der Waals surface area contributed by atoms with Crippen LogP contribution in [0.1, 0.15) is 5.89 Å². The van der Waals surface area contributed by atoms with Gasteiger partial charge in [-0.1, -0.05) is 28.9 Å². The van der Waals surface area contributed by atoms with Crippen LogP contribution in [0.5, 0.6) is 0 Å². The molecule has 0 aliphatic rings. The van der Waals surface area contributed by atoms with Crippen LogP contribution >= 0.6 is 11.6 Å². The highest BCUT2D eigenvalue weighted by Gasteiger charge is 2.12. The SMILES string of the molecule is CN(CCc1nc(-c2cccc(Cl)c2)no1)CC(=O)Nc1cc(F)cc(F)c1. The summed E-state index contributed by atoms with van der Waals surface area (Å²) >= 11 is 5.96. The average molecular weight is 407 g/mol. The number of aromatic nitrogens is 2. The molecule has 28 heavy (non-hydrogen) atoms. The lowest BCUT2D eigenvalue weighted by Crippen LogP contribution is -2.31. The number of amides is 1. The number of nitrogens with one attached hydrogen (secondary N) is 1. The second kappa shape index (κ2) is 8.90. The molecular formula is C19H17ClF2N4O2. The van der Waals surface area contributed by atoms with E-state index in [2.05, 4.69) is 15.5 Å². The summed E-state index contributed by atoms with van der Waals surface area (Å²) in [7, 11) is 1.74. The van der Waals surface area contributed by atoms with Gasteiger partial charge in [-0.3, -0.25) is 9.69 Å². The molecular weight excluding hydrogens is 390 g/mol. The van der Waals surface area contributed by atoms with Crippen LogP contribution in [-0.2, 0) is 11.2 Å². The van der Waals surface area contributed by atoms with Crippen molar-refractivity contribution in [2.45, 2.75) is 6.42 Å². The molecule has 0 atom stereocenters. The van der Waals surface area contributed by atoms with Gasteiger partial charge in [0.25, 0.3) is 0 Å². The van der Waals surface area contributed by atoms with Gasteiger partial charge in [-0.05, 0) is 31.3 Å². The van der Waals surface area contributed by atoms with Crippen molar-refractivity contribution in [3.8, 4) is 11.4 Å². The van der Waals surface area contributed by atoms with Crippen LogP contribution in [0.25, 0.3) is 11.4 Å². The van der Waals surface area contributed by atoms with Crippen molar-refractivity contribution >= 4 is 23.2 Å². The van der Waals surface area contributed by atoms with Crippen molar-refractivity contribution in [1.29, 1.82) is 0 Å². The quantitative estimate of drug-likeness (QED) is 0.646. The maximum atomic E-state index is 13.2. The van der Waals surface area contributed by atoms with Crippen molar-refractivity contribution in [3.63, 3.8) is 0 Å². The minimum atomic E-state index is -0.754. The Kier molecular flexibility index (Phi) is 6.33. The molecule has 6 nitrogen and oxygen atoms in total. The van der Waals surface area contributed by atoms with E-state index < -0.39 is 17.5 Å². The van der Waals surface area contributed by atoms with Crippen molar-refractivity contribution in [2.75, 3.05) is 25.5 Å². The first kappa shape index (κ1) is 19.9. The van der Waals surface area contributed by atoms with Crippen molar-refractivity contribution in [2.24, 2.45) is 0 Å². The molecule has 0 bridgehead atoms. The van der Waals surface area contributed by atoms with Gasteiger partial charge in [-0.25, -0.2) is 8.78 Å². The standard InChI is InChI=1S/C19H17ClF2N4O2/c1-26(11-17(27)23-16-9-14(21)8-15(22)10-16)6-5-18-24-19(25-28-18)12-3-2-4-13(20)7-12/h2-4,7-10H,5-6,11H2,1H3,(H,23,27). The number of carbonyl (C=O) groups excluding carboxylic acids is 1. The fourth-order valence-corrected chi connectivity index (χ4v) is 2.73. The molecule has 0 aliphatic carbocycles. The van der Waals surface area contributed by atoms with Gasteiger partial charge in [0.2, 0.25) is 17.6 Å². The number of rotatable bonds is 7. The summed E-state index contributed by atoms with van der Waals surface area (Å²) in [4.78, 5) is 18.1. The molecule has 3 aromatic rings. The Labute approximate surface area is 165 Å². The van der Waals surface area contributed by atoms with E-state index >= 15 is 0 Å². The van der Waals surface area contributed by atoms with E-state index in [0.29, 0.717) is 29.7 Å². The van der Waals surface area contributed by atoms with Gasteiger partial charge in [0.1, 0.15) is 11.6 Å². The molecule has 1 heterocycles. The lowest BCUT2D eigenvalue weighted by atomic mass is 10.2. The monoisotopic (exact) mass is 406 g/mol. The van der Waals surface area contributed by atoms with Crippen LogP contribution in [0.3, 0.4) is 0 Å². The first-order valence-corrected chi connectivity index (χ1v) is 8.80. The highest BCUT2D eigenvalue weighted by molar-refractivity contribution is 6.30. The molecule has 0 fully saturated rings. The maximum Gasteiger partial charge on any atom is 0.238 e. The fraction of sp³-hybridized carbons (Fsp3) is 0.211. The Bertz CT molecular complexity index is 960. The van der Waals surface area contributed by atoms with Crippen molar-refractivity contribution < 1.29 is 18.1 Å². The largest absolute Gasteiger partial charge is 0.339 e. The normalized spacial score (nSPS) is 11.0. The number of hydrogen-bond acceptors (Lipinski definition) is 5. The number of hydrogen-bond donors (Lipinski definition) is 1. The Morgan fingerprint density at radius 3 is 2.68 bits per heavy atom. The zero-order chi connectivity index (χ0) is 20.1. The van der Waals surface area contributed by atoms with Crippen LogP contribution in [0.4, 0.5) is 14.5 Å². The zero-order valence-electron chi connectivity index (χ0n) is 15.0. The van der Waals surface area contributed by atoms with Crippen LogP contribution in [0, 0.1) is 11.6 Å². The number of nitrogens with zero attached hydrogens (tertiary/aromatic N) is 3. The van der Waals surface area contributed by atoms with E-state index in [1.807, 2.05) is 6.07 Å². The van der Waals surface area contributed by atoms with E-state index in [4.69, 9.17) is 16.1 Å². The second-order valence-electron chi connectivity index (χ2n) is 6.22. The smallest absolute Gasteiger partial charge is 0.238 e. The van der Waals surface area contributed by atoms with Crippen molar-refractivity contribution in [3.05, 3.63) is 65.0 Å². The number of anilines is 1. The molecule has 146 valence electrons. The molecule has 1 amide bonds. The summed E-state index contributed by atoms with van der Waals surface area (Å²) in [6.07, 6.45) is 0.436. The van der Waals surface area contributed by atoms with E-state index in [-0.39, 0.29) is 12.2 Å². The minimum Gasteiger partial charge on any atom is -0.339 e. The van der Waals surface area contributed by atoms with Gasteiger partial charge in [-0.15, -0.1) is 0 Å². The molecule has 0 saturated carbocycles. The topological polar surface area (TPSA) is 71.3 Å². The zero-order valence-corrected chi connectivity index (χ0v) is 15.7. The minimum absolute atomic E-state index is 0.0351. The lowest BCUT2D eigenvalue weighted by Gasteiger charge is -2.15. The molecule has 0 spiro atoms. The molecule has 2 aromatic carbocycles. The average Bonchev–Trinajstić information content (AvgIpc) is 3.08. The fourth-order valence-electron chi connectivity index (χ4n) is 2.54. The molecule has 0 unspecified atom stereocenters. The predicted molar refractivity (Wildman–Crippen MR) is 101 cm³/mol. The molecule has 0 aliphatic heterocycles. The lowest BCUT2D eigenvalue weighted by molar-refractivity contribution is -0.117. The number of likely N-dealkylation sites (N-methyl/N-ethyl adjacent to an activating group) is 1. The van der Waals surface area contributed by atoms with Crippen LogP contribution in [0.15, 0.2) is 47.0 Å². The predicted octanol–water partition coefficient (Wildman–Crippen LogP) is 3.78. The number of carbonyl (C=O) groups is 1. The van der Waals surface area contributed by atoms with Crippen molar-refractivity contribution in [1.82, 2.24) is 15.0 Å². The van der Waals surface area contributed by atoms with E-state index in [1.165, 1.54) is 0 Å². The van der Waals surface area contributed by atoms with Gasteiger partial charge >= 0.3 is 0 Å². The number of benzene rings is 2. The van der Waals surface area contributed by atoms with Crippen LogP contribution in [0.2, 0.25) is 5.02 Å². The highest BCUT2D eigenvalue weighted by atomic mass is 35.5. The number of halogens is 3. The summed E-state index contributed by atoms with van der Waals surface area (Å²) in [5.74, 6) is -1.04. The van der Waals surface area contributed by atoms with Gasteiger partial charge in [-0.2, -0.15) is 4.98 Å². The van der Waals surface area contributed by atoms with E-state index in [1.54, 1.807) is 30.1 Å². The third-order valence-electron chi connectivity index (χ3n) is 3.82. The van der Waals surface area contributed by atoms with Gasteiger partial charge in [0, 0.05) is 35.3 Å². The maximum absolute atomic E-state index is 13.2. The Balaban J connectivity index is 1.50. The molecule has 0 saturated heterocycles. The third kappa shape index (κ3) is 5.58. The summed E-state index contributed by atoms with van der Waals surface area (Å²) < 4.78 is 31.5. The van der Waals surface area contributed by atoms with E-state index in [9.17, 15) is 13.6 Å². The Hall–Kier alpha value is -2.84. The Morgan fingerprint density at radius 1 is 1.21 bits per heavy atom. The first-order valence-electron chi connectivity index (χ1n) is 8.42. The van der Waals surface area contributed by atoms with Gasteiger partial charge < -0.3 is 9.84 Å². The summed E-state index contributed by atoms with van der Waals surface area (Å²) in [6, 6.07) is 9.96. The van der Waals surface area contributed by atoms with Gasteiger partial charge in [0.05, 0.1) is 6.54 Å². The Morgan fingerprint density at radius 2 is 1.96 bits per heavy atom. The van der Waals surface area contributed by atoms with Crippen LogP contribution < -0.4 is 5.32 Å². The first-order chi connectivity index (χ1) is 13.4. The molecule has 9 heteroatoms. The molecule has 0 radical (unpaired) electrons. The summed E-state index contributed by atoms with van der Waals surface area (Å²) in [5, 5.41) is 6.96. The molecule has 1 aromatic heterocycles. The van der Waals surface area contributed by atoms with E-state index in [0.717, 1.165) is 23.8 Å².